The first kappa shape index (κ1) is 27.5. The molecule has 0 aliphatic rings. The van der Waals surface area contributed by atoms with E-state index in [0.717, 1.165) is 50.4 Å². The van der Waals surface area contributed by atoms with Crippen molar-refractivity contribution in [1.29, 1.82) is 0 Å². The second-order valence-corrected chi connectivity index (χ2v) is 17.1. The minimum absolute atomic E-state index is 0.169. The molecule has 214 valence electrons. The van der Waals surface area contributed by atoms with Gasteiger partial charge < -0.3 is 5.11 Å². The lowest BCUT2D eigenvalue weighted by Crippen LogP contribution is -2.37. The maximum Gasteiger partial charge on any atom is 0.165 e. The van der Waals surface area contributed by atoms with Crippen molar-refractivity contribution in [3.63, 3.8) is 0 Å². The van der Waals surface area contributed by atoms with Crippen molar-refractivity contribution in [2.75, 3.05) is 0 Å². The Hall–Kier alpha value is -5.33. The highest BCUT2D eigenvalue weighted by Crippen LogP contribution is 2.38. The number of aromatic nitrogens is 4. The number of hydrogen-bond donors (Lipinski definition) is 1. The van der Waals surface area contributed by atoms with Crippen LogP contribution in [-0.4, -0.2) is 32.7 Å². The van der Waals surface area contributed by atoms with Crippen molar-refractivity contribution >= 4 is 24.4 Å². The molecule has 7 rings (SSSR count). The summed E-state index contributed by atoms with van der Waals surface area (Å²) in [5, 5.41) is 12.2. The Bertz CT molecular complexity index is 2100. The molecule has 0 fully saturated rings. The van der Waals surface area contributed by atoms with Gasteiger partial charge in [0.1, 0.15) is 11.3 Å². The molecule has 3 aromatic heterocycles. The van der Waals surface area contributed by atoms with Gasteiger partial charge in [-0.05, 0) is 76.5 Å². The number of pyridine rings is 2. The third-order valence-corrected chi connectivity index (χ3v) is 10.0. The summed E-state index contributed by atoms with van der Waals surface area (Å²) in [4.78, 5) is 14.9. The quantitative estimate of drug-likeness (QED) is 0.197. The van der Waals surface area contributed by atoms with E-state index in [2.05, 4.69) is 74.2 Å². The summed E-state index contributed by atoms with van der Waals surface area (Å²) in [6, 6.07) is 40.8. The molecule has 0 saturated heterocycles. The number of nitrogens with zero attached hydrogens (tertiary/aromatic N) is 4. The number of phenolic OH excluding ortho intramolecular Hbond substituents is 1. The zero-order valence-corrected chi connectivity index (χ0v) is 25.9. The van der Waals surface area contributed by atoms with Crippen molar-refractivity contribution in [1.82, 2.24) is 19.5 Å². The van der Waals surface area contributed by atoms with E-state index >= 15 is 0 Å². The minimum atomic E-state index is -1.48. The highest BCUT2D eigenvalue weighted by Gasteiger charge is 2.21. The number of fused-ring (bicyclic) bond motifs is 1. The van der Waals surface area contributed by atoms with Crippen LogP contribution in [0.1, 0.15) is 0 Å². The fraction of sp³-hybridized carbons (Fsp3) is 0.0789. The van der Waals surface area contributed by atoms with Gasteiger partial charge in [0.2, 0.25) is 0 Å². The van der Waals surface area contributed by atoms with Gasteiger partial charge in [0.25, 0.3) is 0 Å². The first-order valence-electron chi connectivity index (χ1n) is 14.8. The topological polar surface area (TPSA) is 63.8 Å². The Morgan fingerprint density at radius 2 is 1.30 bits per heavy atom. The number of benzene rings is 4. The fourth-order valence-electron chi connectivity index (χ4n) is 5.61. The van der Waals surface area contributed by atoms with Crippen molar-refractivity contribution in [2.45, 2.75) is 19.6 Å². The summed E-state index contributed by atoms with van der Waals surface area (Å²) < 4.78 is 2.02. The normalized spacial score (nSPS) is 11.6. The van der Waals surface area contributed by atoms with Crippen LogP contribution in [0.3, 0.4) is 0 Å². The molecule has 0 atom stereocenters. The number of phenols is 1. The van der Waals surface area contributed by atoms with Gasteiger partial charge >= 0.3 is 0 Å². The average molecular weight is 589 g/mol. The van der Waals surface area contributed by atoms with Crippen LogP contribution in [0.15, 0.2) is 134 Å². The molecular formula is C38H32N4OSi. The van der Waals surface area contributed by atoms with Crippen LogP contribution >= 0.6 is 0 Å². The molecule has 3 heterocycles. The zero-order chi connectivity index (χ0) is 30.3. The van der Waals surface area contributed by atoms with E-state index in [1.165, 1.54) is 5.19 Å². The zero-order valence-electron chi connectivity index (χ0n) is 24.9. The van der Waals surface area contributed by atoms with Gasteiger partial charge in [0, 0.05) is 29.2 Å². The lowest BCUT2D eigenvalue weighted by Gasteiger charge is -2.16. The van der Waals surface area contributed by atoms with E-state index in [-0.39, 0.29) is 5.75 Å². The van der Waals surface area contributed by atoms with E-state index in [0.29, 0.717) is 11.4 Å². The minimum Gasteiger partial charge on any atom is -0.507 e. The molecule has 4 aromatic carbocycles. The predicted octanol–water partition coefficient (Wildman–Crippen LogP) is 8.73. The van der Waals surface area contributed by atoms with Crippen molar-refractivity contribution in [3.8, 4) is 56.3 Å². The fourth-order valence-corrected chi connectivity index (χ4v) is 6.64. The summed E-state index contributed by atoms with van der Waals surface area (Å²) in [5.41, 5.74) is 9.22. The number of aromatic hydroxyl groups is 1. The monoisotopic (exact) mass is 588 g/mol. The first-order chi connectivity index (χ1) is 21.4. The summed E-state index contributed by atoms with van der Waals surface area (Å²) in [7, 11) is -1.48. The molecule has 0 aliphatic carbocycles. The smallest absolute Gasteiger partial charge is 0.165 e. The molecule has 0 amide bonds. The van der Waals surface area contributed by atoms with Crippen LogP contribution < -0.4 is 5.19 Å². The number of para-hydroxylation sites is 2. The molecule has 0 saturated carbocycles. The van der Waals surface area contributed by atoms with Gasteiger partial charge in [0.15, 0.2) is 11.5 Å². The SMILES string of the molecule is C[Si](C)(C)c1ccc(-c2cc(-c3ccccc3)cc(-c3ccnc4c3nc(-c3ccccc3O)n4-c3ccccc3)c2)nc1. The second kappa shape index (κ2) is 11.1. The van der Waals surface area contributed by atoms with E-state index < -0.39 is 8.07 Å². The van der Waals surface area contributed by atoms with E-state index in [1.54, 1.807) is 6.07 Å². The van der Waals surface area contributed by atoms with Crippen LogP contribution in [-0.2, 0) is 0 Å². The van der Waals surface area contributed by atoms with Gasteiger partial charge in [-0.25, -0.2) is 9.97 Å². The molecular weight excluding hydrogens is 557 g/mol. The lowest BCUT2D eigenvalue weighted by atomic mass is 9.95. The van der Waals surface area contributed by atoms with Gasteiger partial charge in [-0.15, -0.1) is 0 Å². The molecule has 0 spiro atoms. The molecule has 0 bridgehead atoms. The third kappa shape index (κ3) is 5.10. The van der Waals surface area contributed by atoms with Crippen LogP contribution in [0.5, 0.6) is 5.75 Å². The predicted molar refractivity (Wildman–Crippen MR) is 183 cm³/mol. The van der Waals surface area contributed by atoms with Crippen molar-refractivity contribution in [3.05, 3.63) is 134 Å². The summed E-state index contributed by atoms with van der Waals surface area (Å²) in [5.74, 6) is 0.801. The van der Waals surface area contributed by atoms with Crippen LogP contribution in [0.2, 0.25) is 19.6 Å². The molecule has 0 radical (unpaired) electrons. The molecule has 6 heteroatoms. The van der Waals surface area contributed by atoms with Crippen molar-refractivity contribution in [2.24, 2.45) is 0 Å². The number of rotatable bonds is 6. The molecule has 1 N–H and O–H groups in total. The van der Waals surface area contributed by atoms with E-state index in [9.17, 15) is 5.11 Å². The van der Waals surface area contributed by atoms with E-state index in [4.69, 9.17) is 15.0 Å². The standard InChI is InChI=1S/C38H32N4OSi/c1-44(2,3)31-18-19-34(40-25-31)29-23-27(26-12-6-4-7-13-26)22-28(24-29)32-20-21-39-38-36(32)41-37(33-16-10-11-17-35(33)43)42(38)30-14-8-5-9-15-30/h4-25,43H,1-3H3. The lowest BCUT2D eigenvalue weighted by molar-refractivity contribution is 0.477. The Balaban J connectivity index is 1.48. The Morgan fingerprint density at radius 3 is 2.00 bits per heavy atom. The van der Waals surface area contributed by atoms with Gasteiger partial charge in [-0.2, -0.15) is 0 Å². The summed E-state index contributed by atoms with van der Waals surface area (Å²) in [6.45, 7) is 7.01. The highest BCUT2D eigenvalue weighted by molar-refractivity contribution is 6.88. The first-order valence-corrected chi connectivity index (χ1v) is 18.3. The molecule has 44 heavy (non-hydrogen) atoms. The third-order valence-electron chi connectivity index (χ3n) is 7.98. The molecule has 7 aromatic rings. The van der Waals surface area contributed by atoms with Crippen molar-refractivity contribution < 1.29 is 5.11 Å². The van der Waals surface area contributed by atoms with Crippen LogP contribution in [0.4, 0.5) is 0 Å². The Labute approximate surface area is 258 Å². The summed E-state index contributed by atoms with van der Waals surface area (Å²) >= 11 is 0. The molecule has 0 aliphatic heterocycles. The largest absolute Gasteiger partial charge is 0.507 e. The molecule has 0 unspecified atom stereocenters. The molecule has 5 nitrogen and oxygen atoms in total. The maximum absolute atomic E-state index is 10.9. The Kier molecular flexibility index (Phi) is 6.91. The Morgan fingerprint density at radius 1 is 0.614 bits per heavy atom. The van der Waals surface area contributed by atoms with Crippen LogP contribution in [0.25, 0.3) is 61.8 Å². The van der Waals surface area contributed by atoms with Gasteiger partial charge in [-0.3, -0.25) is 9.55 Å². The van der Waals surface area contributed by atoms with Gasteiger partial charge in [0.05, 0.1) is 19.3 Å². The average Bonchev–Trinajstić information content (AvgIpc) is 3.45. The highest BCUT2D eigenvalue weighted by atomic mass is 28.3. The second-order valence-electron chi connectivity index (χ2n) is 12.0. The van der Waals surface area contributed by atoms with Gasteiger partial charge in [-0.1, -0.05) is 86.4 Å². The number of imidazole rings is 1. The number of hydrogen-bond acceptors (Lipinski definition) is 4. The maximum atomic E-state index is 10.9. The summed E-state index contributed by atoms with van der Waals surface area (Å²) in [6.07, 6.45) is 3.88. The van der Waals surface area contributed by atoms with Crippen LogP contribution in [0, 0.1) is 0 Å². The van der Waals surface area contributed by atoms with E-state index in [1.807, 2.05) is 77.6 Å².